The molecule has 114 valence electrons. The molecule has 0 spiro atoms. The first-order valence-electron chi connectivity index (χ1n) is 7.43. The van der Waals surface area contributed by atoms with Crippen LogP contribution < -0.4 is 11.1 Å². The summed E-state index contributed by atoms with van der Waals surface area (Å²) in [5, 5.41) is 2.98. The van der Waals surface area contributed by atoms with Crippen molar-refractivity contribution in [2.24, 2.45) is 11.1 Å². The summed E-state index contributed by atoms with van der Waals surface area (Å²) in [4.78, 5) is 12.7. The van der Waals surface area contributed by atoms with Crippen LogP contribution in [-0.2, 0) is 14.3 Å². The van der Waals surface area contributed by atoms with E-state index in [9.17, 15) is 4.79 Å². The van der Waals surface area contributed by atoms with Gasteiger partial charge in [0.2, 0.25) is 5.91 Å². The monoisotopic (exact) mass is 300 g/mol. The van der Waals surface area contributed by atoms with E-state index in [2.05, 4.69) is 5.32 Å². The van der Waals surface area contributed by atoms with Crippen LogP contribution in [-0.4, -0.2) is 43.4 Å². The van der Waals surface area contributed by atoms with Gasteiger partial charge in [-0.05, 0) is 38.5 Å². The summed E-state index contributed by atoms with van der Waals surface area (Å²) in [6.07, 6.45) is 5.74. The van der Waals surface area contributed by atoms with Crippen LogP contribution in [0.5, 0.6) is 0 Å². The Hall–Kier alpha value is -0.720. The summed E-state index contributed by atoms with van der Waals surface area (Å²) in [6.45, 7) is 2.54. The topological polar surface area (TPSA) is 73.6 Å². The van der Waals surface area contributed by atoms with Crippen molar-refractivity contribution in [1.82, 2.24) is 5.32 Å². The highest BCUT2D eigenvalue weighted by molar-refractivity contribution is 7.80. The van der Waals surface area contributed by atoms with Gasteiger partial charge in [0.25, 0.3) is 0 Å². The lowest BCUT2D eigenvalue weighted by molar-refractivity contribution is -0.131. The van der Waals surface area contributed by atoms with E-state index < -0.39 is 5.41 Å². The summed E-state index contributed by atoms with van der Waals surface area (Å²) in [5.41, 5.74) is 5.09. The fraction of sp³-hybridized carbons (Fsp3) is 0.857. The fourth-order valence-electron chi connectivity index (χ4n) is 2.86. The lowest BCUT2D eigenvalue weighted by atomic mass is 9.79. The minimum Gasteiger partial charge on any atom is -0.392 e. The third-order valence-electron chi connectivity index (χ3n) is 4.28. The van der Waals surface area contributed by atoms with Crippen molar-refractivity contribution in [3.63, 3.8) is 0 Å². The van der Waals surface area contributed by atoms with Gasteiger partial charge in [-0.2, -0.15) is 0 Å². The van der Waals surface area contributed by atoms with Crippen molar-refractivity contribution in [3.05, 3.63) is 0 Å². The van der Waals surface area contributed by atoms with Gasteiger partial charge >= 0.3 is 0 Å². The Bertz CT molecular complexity index is 350. The Morgan fingerprint density at radius 1 is 1.30 bits per heavy atom. The molecule has 0 aromatic carbocycles. The van der Waals surface area contributed by atoms with Crippen molar-refractivity contribution in [1.29, 1.82) is 0 Å². The molecule has 5 nitrogen and oxygen atoms in total. The maximum atomic E-state index is 12.4. The number of hydrogen-bond donors (Lipinski definition) is 2. The van der Waals surface area contributed by atoms with E-state index in [-0.39, 0.29) is 17.0 Å². The molecule has 1 amide bonds. The molecule has 3 N–H and O–H groups in total. The van der Waals surface area contributed by atoms with E-state index >= 15 is 0 Å². The zero-order valence-corrected chi connectivity index (χ0v) is 12.7. The minimum atomic E-state index is -0.721. The van der Waals surface area contributed by atoms with Crippen LogP contribution in [0, 0.1) is 5.41 Å². The quantitative estimate of drug-likeness (QED) is 0.745. The first-order valence-corrected chi connectivity index (χ1v) is 7.83. The molecular weight excluding hydrogens is 276 g/mol. The molecule has 0 saturated carbocycles. The van der Waals surface area contributed by atoms with Crippen LogP contribution in [0.2, 0.25) is 0 Å². The second kappa shape index (κ2) is 7.33. The van der Waals surface area contributed by atoms with Gasteiger partial charge in [-0.1, -0.05) is 12.2 Å². The van der Waals surface area contributed by atoms with Crippen molar-refractivity contribution >= 4 is 23.1 Å². The summed E-state index contributed by atoms with van der Waals surface area (Å²) in [6, 6.07) is 0. The summed E-state index contributed by atoms with van der Waals surface area (Å²) >= 11 is 5.12. The maximum absolute atomic E-state index is 12.4. The first-order chi connectivity index (χ1) is 9.65. The standard InChI is InChI=1S/C14H24N2O3S/c15-12(20)14(5-9-18-10-6-14)13(17)16-7-4-11-3-1-2-8-19-11/h11H,1-10H2,(H2,15,20)(H,16,17). The minimum absolute atomic E-state index is 0.0518. The van der Waals surface area contributed by atoms with Gasteiger partial charge in [0.05, 0.1) is 11.1 Å². The molecule has 2 fully saturated rings. The maximum Gasteiger partial charge on any atom is 0.233 e. The molecule has 0 bridgehead atoms. The molecule has 0 aromatic rings. The number of ether oxygens (including phenoxy) is 2. The van der Waals surface area contributed by atoms with Crippen LogP contribution in [0.15, 0.2) is 0 Å². The predicted molar refractivity (Wildman–Crippen MR) is 80.5 cm³/mol. The van der Waals surface area contributed by atoms with Gasteiger partial charge in [0.1, 0.15) is 5.41 Å². The van der Waals surface area contributed by atoms with Crippen LogP contribution in [0.4, 0.5) is 0 Å². The largest absolute Gasteiger partial charge is 0.392 e. The summed E-state index contributed by atoms with van der Waals surface area (Å²) < 4.78 is 11.0. The van der Waals surface area contributed by atoms with E-state index in [0.717, 1.165) is 25.9 Å². The Morgan fingerprint density at radius 3 is 2.65 bits per heavy atom. The highest BCUT2D eigenvalue weighted by Crippen LogP contribution is 2.31. The number of thiocarbonyl (C=S) groups is 1. The predicted octanol–water partition coefficient (Wildman–Crippen LogP) is 1.14. The van der Waals surface area contributed by atoms with E-state index in [1.165, 1.54) is 6.42 Å². The van der Waals surface area contributed by atoms with Gasteiger partial charge in [-0.3, -0.25) is 4.79 Å². The van der Waals surface area contributed by atoms with Crippen LogP contribution in [0.25, 0.3) is 0 Å². The Balaban J connectivity index is 1.81. The van der Waals surface area contributed by atoms with E-state index in [4.69, 9.17) is 27.4 Å². The Kier molecular flexibility index (Phi) is 5.74. The zero-order chi connectivity index (χ0) is 14.4. The molecule has 2 rings (SSSR count). The molecule has 1 atom stereocenters. The number of carbonyl (C=O) groups excluding carboxylic acids is 1. The fourth-order valence-corrected chi connectivity index (χ4v) is 3.15. The molecular formula is C14H24N2O3S. The average Bonchev–Trinajstić information content (AvgIpc) is 2.48. The SMILES string of the molecule is NC(=S)C1(C(=O)NCCC2CCCCO2)CCOCC1. The van der Waals surface area contributed by atoms with Crippen LogP contribution >= 0.6 is 12.2 Å². The molecule has 2 heterocycles. The number of nitrogens with one attached hydrogen (secondary N) is 1. The number of rotatable bonds is 5. The smallest absolute Gasteiger partial charge is 0.233 e. The van der Waals surface area contributed by atoms with Gasteiger partial charge in [-0.15, -0.1) is 0 Å². The second-order valence-electron chi connectivity index (χ2n) is 5.59. The highest BCUT2D eigenvalue weighted by atomic mass is 32.1. The molecule has 2 saturated heterocycles. The van der Waals surface area contributed by atoms with Crippen molar-refractivity contribution in [2.75, 3.05) is 26.4 Å². The average molecular weight is 300 g/mol. The van der Waals surface area contributed by atoms with Gasteiger partial charge in [0.15, 0.2) is 0 Å². The van der Waals surface area contributed by atoms with E-state index in [1.807, 2.05) is 0 Å². The van der Waals surface area contributed by atoms with Crippen molar-refractivity contribution < 1.29 is 14.3 Å². The normalized spacial score (nSPS) is 25.9. The third-order valence-corrected chi connectivity index (χ3v) is 4.67. The Labute approximate surface area is 125 Å². The number of hydrogen-bond acceptors (Lipinski definition) is 4. The van der Waals surface area contributed by atoms with Gasteiger partial charge in [-0.25, -0.2) is 0 Å². The molecule has 0 aromatic heterocycles. The van der Waals surface area contributed by atoms with E-state index in [1.54, 1.807) is 0 Å². The molecule has 0 aliphatic carbocycles. The lowest BCUT2D eigenvalue weighted by Gasteiger charge is -2.34. The Morgan fingerprint density at radius 2 is 2.05 bits per heavy atom. The molecule has 20 heavy (non-hydrogen) atoms. The molecule has 1 unspecified atom stereocenters. The summed E-state index contributed by atoms with van der Waals surface area (Å²) in [7, 11) is 0. The first kappa shape index (κ1) is 15.7. The summed E-state index contributed by atoms with van der Waals surface area (Å²) in [5.74, 6) is -0.0518. The number of nitrogens with two attached hydrogens (primary N) is 1. The molecule has 2 aliphatic heterocycles. The molecule has 0 radical (unpaired) electrons. The molecule has 6 heteroatoms. The number of carbonyl (C=O) groups is 1. The molecule has 2 aliphatic rings. The third kappa shape index (κ3) is 3.68. The lowest BCUT2D eigenvalue weighted by Crippen LogP contribution is -2.52. The van der Waals surface area contributed by atoms with Gasteiger partial charge in [0, 0.05) is 26.4 Å². The van der Waals surface area contributed by atoms with E-state index in [0.29, 0.717) is 32.6 Å². The van der Waals surface area contributed by atoms with Crippen LogP contribution in [0.3, 0.4) is 0 Å². The van der Waals surface area contributed by atoms with Crippen LogP contribution in [0.1, 0.15) is 38.5 Å². The van der Waals surface area contributed by atoms with Crippen molar-refractivity contribution in [2.45, 2.75) is 44.6 Å². The number of amides is 1. The highest BCUT2D eigenvalue weighted by Gasteiger charge is 2.42. The second-order valence-corrected chi connectivity index (χ2v) is 6.03. The van der Waals surface area contributed by atoms with Gasteiger partial charge < -0.3 is 20.5 Å². The zero-order valence-electron chi connectivity index (χ0n) is 11.9. The van der Waals surface area contributed by atoms with Crippen molar-refractivity contribution in [3.8, 4) is 0 Å².